The van der Waals surface area contributed by atoms with Gasteiger partial charge in [-0.15, -0.1) is 0 Å². The smallest absolute Gasteiger partial charge is 0.406 e. The van der Waals surface area contributed by atoms with Crippen LogP contribution in [-0.2, 0) is 4.79 Å². The summed E-state index contributed by atoms with van der Waals surface area (Å²) in [6.45, 7) is 0.308. The van der Waals surface area contributed by atoms with Gasteiger partial charge in [-0.1, -0.05) is 0 Å². The van der Waals surface area contributed by atoms with Crippen LogP contribution in [0, 0.1) is 16.0 Å². The van der Waals surface area contributed by atoms with E-state index in [4.69, 9.17) is 4.74 Å². The van der Waals surface area contributed by atoms with Crippen molar-refractivity contribution in [2.75, 3.05) is 6.61 Å². The van der Waals surface area contributed by atoms with Crippen molar-refractivity contribution in [1.82, 2.24) is 4.98 Å². The fraction of sp³-hybridized carbons (Fsp3) is 0.500. The highest BCUT2D eigenvalue weighted by Crippen LogP contribution is 2.26. The Hall–Kier alpha value is -1.98. The lowest BCUT2D eigenvalue weighted by Gasteiger charge is -2.09. The predicted octanol–water partition coefficient (Wildman–Crippen LogP) is 2.13. The standard InChI is InChI=1S/C12H14N2O4/c15-10-4-1-3-9(10)6-8-18-11-5-2-7-13-12(11)14(16)17/h2,5,7,9H,1,3-4,6,8H2. The van der Waals surface area contributed by atoms with E-state index in [1.807, 2.05) is 0 Å². The maximum Gasteiger partial charge on any atom is 0.406 e. The number of nitrogens with zero attached hydrogens (tertiary/aromatic N) is 2. The summed E-state index contributed by atoms with van der Waals surface area (Å²) in [5.41, 5.74) is 0. The van der Waals surface area contributed by atoms with Crippen molar-refractivity contribution in [2.24, 2.45) is 5.92 Å². The van der Waals surface area contributed by atoms with Gasteiger partial charge < -0.3 is 14.9 Å². The zero-order chi connectivity index (χ0) is 13.0. The monoisotopic (exact) mass is 250 g/mol. The van der Waals surface area contributed by atoms with E-state index in [2.05, 4.69) is 4.98 Å². The van der Waals surface area contributed by atoms with Crippen molar-refractivity contribution in [3.8, 4) is 5.75 Å². The first kappa shape index (κ1) is 12.5. The van der Waals surface area contributed by atoms with Gasteiger partial charge in [0, 0.05) is 12.3 Å². The lowest BCUT2D eigenvalue weighted by atomic mass is 10.0. The van der Waals surface area contributed by atoms with E-state index in [0.29, 0.717) is 19.4 Å². The second-order valence-corrected chi connectivity index (χ2v) is 4.27. The molecule has 2 rings (SSSR count). The molecule has 96 valence electrons. The summed E-state index contributed by atoms with van der Waals surface area (Å²) in [4.78, 5) is 25.2. The van der Waals surface area contributed by atoms with Gasteiger partial charge in [0.05, 0.1) is 6.61 Å². The number of hydrogen-bond donors (Lipinski definition) is 0. The number of Topliss-reactive ketones (excluding diaryl/α,β-unsaturated/α-hetero) is 1. The van der Waals surface area contributed by atoms with Crippen LogP contribution in [0.15, 0.2) is 18.3 Å². The number of carbonyl (C=O) groups is 1. The summed E-state index contributed by atoms with van der Waals surface area (Å²) in [5.74, 6) is 0.211. The number of ketones is 1. The van der Waals surface area contributed by atoms with Crippen molar-refractivity contribution in [3.05, 3.63) is 28.4 Å². The molecule has 1 aliphatic rings. The van der Waals surface area contributed by atoms with E-state index in [1.54, 1.807) is 6.07 Å². The third-order valence-electron chi connectivity index (χ3n) is 3.08. The molecule has 0 amide bonds. The number of aromatic nitrogens is 1. The van der Waals surface area contributed by atoms with Crippen LogP contribution in [0.4, 0.5) is 5.82 Å². The van der Waals surface area contributed by atoms with Crippen molar-refractivity contribution in [1.29, 1.82) is 0 Å². The van der Waals surface area contributed by atoms with E-state index >= 15 is 0 Å². The van der Waals surface area contributed by atoms with Crippen molar-refractivity contribution >= 4 is 11.6 Å². The molecule has 1 heterocycles. The molecule has 1 aromatic rings. The van der Waals surface area contributed by atoms with E-state index in [9.17, 15) is 14.9 Å². The molecule has 0 radical (unpaired) electrons. The molecule has 6 heteroatoms. The molecular formula is C12H14N2O4. The molecule has 0 spiro atoms. The predicted molar refractivity (Wildman–Crippen MR) is 63.4 cm³/mol. The average Bonchev–Trinajstić information content (AvgIpc) is 2.76. The van der Waals surface area contributed by atoms with Crippen LogP contribution in [0.2, 0.25) is 0 Å². The lowest BCUT2D eigenvalue weighted by Crippen LogP contribution is -2.11. The zero-order valence-corrected chi connectivity index (χ0v) is 9.87. The summed E-state index contributed by atoms with van der Waals surface area (Å²) in [5, 5.41) is 10.7. The van der Waals surface area contributed by atoms with Gasteiger partial charge in [0.2, 0.25) is 5.75 Å². The first-order chi connectivity index (χ1) is 8.68. The van der Waals surface area contributed by atoms with Crippen LogP contribution in [0.25, 0.3) is 0 Å². The number of nitro groups is 1. The Morgan fingerprint density at radius 2 is 2.39 bits per heavy atom. The minimum Gasteiger partial charge on any atom is -0.486 e. The Bertz CT molecular complexity index is 461. The summed E-state index contributed by atoms with van der Waals surface area (Å²) >= 11 is 0. The normalized spacial score (nSPS) is 18.9. The molecular weight excluding hydrogens is 236 g/mol. The fourth-order valence-corrected chi connectivity index (χ4v) is 2.14. The zero-order valence-electron chi connectivity index (χ0n) is 9.87. The molecule has 1 fully saturated rings. The number of hydrogen-bond acceptors (Lipinski definition) is 5. The fourth-order valence-electron chi connectivity index (χ4n) is 2.14. The SMILES string of the molecule is O=C1CCCC1CCOc1cccnc1[N+](=O)[O-]. The summed E-state index contributed by atoms with van der Waals surface area (Å²) in [6.07, 6.45) is 4.46. The second kappa shape index (κ2) is 5.57. The molecule has 0 bridgehead atoms. The van der Waals surface area contributed by atoms with Gasteiger partial charge >= 0.3 is 5.82 Å². The maximum atomic E-state index is 11.4. The molecule has 0 saturated heterocycles. The largest absolute Gasteiger partial charge is 0.486 e. The van der Waals surface area contributed by atoms with Gasteiger partial charge in [-0.2, -0.15) is 0 Å². The third-order valence-corrected chi connectivity index (χ3v) is 3.08. The molecule has 6 nitrogen and oxygen atoms in total. The Kier molecular flexibility index (Phi) is 3.86. The van der Waals surface area contributed by atoms with Gasteiger partial charge in [-0.05, 0) is 41.3 Å². The minimum atomic E-state index is -0.573. The molecule has 1 atom stereocenters. The Labute approximate surface area is 104 Å². The van der Waals surface area contributed by atoms with Crippen LogP contribution >= 0.6 is 0 Å². The highest BCUT2D eigenvalue weighted by molar-refractivity contribution is 5.82. The van der Waals surface area contributed by atoms with Crippen molar-refractivity contribution in [3.63, 3.8) is 0 Å². The highest BCUT2D eigenvalue weighted by atomic mass is 16.6. The van der Waals surface area contributed by atoms with E-state index in [-0.39, 0.29) is 23.3 Å². The molecule has 0 aliphatic heterocycles. The molecule has 1 saturated carbocycles. The molecule has 0 aromatic carbocycles. The first-order valence-corrected chi connectivity index (χ1v) is 5.93. The van der Waals surface area contributed by atoms with Gasteiger partial charge in [0.1, 0.15) is 12.0 Å². The average molecular weight is 250 g/mol. The quantitative estimate of drug-likeness (QED) is 0.590. The maximum absolute atomic E-state index is 11.4. The number of ether oxygens (including phenoxy) is 1. The Morgan fingerprint density at radius 1 is 1.56 bits per heavy atom. The minimum absolute atomic E-state index is 0.0562. The summed E-state index contributed by atoms with van der Waals surface area (Å²) in [7, 11) is 0. The lowest BCUT2D eigenvalue weighted by molar-refractivity contribution is -0.390. The van der Waals surface area contributed by atoms with Gasteiger partial charge in [0.15, 0.2) is 0 Å². The molecule has 18 heavy (non-hydrogen) atoms. The van der Waals surface area contributed by atoms with Gasteiger partial charge in [-0.3, -0.25) is 4.79 Å². The van der Waals surface area contributed by atoms with E-state index < -0.39 is 4.92 Å². The van der Waals surface area contributed by atoms with Gasteiger partial charge in [-0.25, -0.2) is 0 Å². The second-order valence-electron chi connectivity index (χ2n) is 4.27. The third kappa shape index (κ3) is 2.82. The number of carbonyl (C=O) groups excluding carboxylic acids is 1. The van der Waals surface area contributed by atoms with E-state index in [1.165, 1.54) is 12.3 Å². The topological polar surface area (TPSA) is 82.3 Å². The summed E-state index contributed by atoms with van der Waals surface area (Å²) in [6, 6.07) is 3.10. The number of pyridine rings is 1. The van der Waals surface area contributed by atoms with Crippen LogP contribution in [0.1, 0.15) is 25.7 Å². The van der Waals surface area contributed by atoms with Crippen molar-refractivity contribution < 1.29 is 14.5 Å². The molecule has 1 unspecified atom stereocenters. The number of rotatable bonds is 5. The molecule has 1 aliphatic carbocycles. The Balaban J connectivity index is 1.90. The molecule has 0 N–H and O–H groups in total. The first-order valence-electron chi connectivity index (χ1n) is 5.93. The van der Waals surface area contributed by atoms with Crippen LogP contribution in [0.5, 0.6) is 5.75 Å². The van der Waals surface area contributed by atoms with E-state index in [0.717, 1.165) is 12.8 Å². The Morgan fingerprint density at radius 3 is 3.06 bits per heavy atom. The van der Waals surface area contributed by atoms with Crippen LogP contribution in [0.3, 0.4) is 0 Å². The van der Waals surface area contributed by atoms with Gasteiger partial charge in [0.25, 0.3) is 0 Å². The molecule has 1 aromatic heterocycles. The highest BCUT2D eigenvalue weighted by Gasteiger charge is 2.24. The van der Waals surface area contributed by atoms with Crippen LogP contribution < -0.4 is 4.74 Å². The summed E-state index contributed by atoms with van der Waals surface area (Å²) < 4.78 is 5.35. The van der Waals surface area contributed by atoms with Crippen molar-refractivity contribution in [2.45, 2.75) is 25.7 Å². The van der Waals surface area contributed by atoms with Crippen LogP contribution in [-0.4, -0.2) is 22.3 Å².